The Labute approximate surface area is 70.8 Å². The molecule has 1 atom stereocenters. The lowest BCUT2D eigenvalue weighted by Crippen LogP contribution is -2.46. The number of piperidine rings is 1. The third-order valence-corrected chi connectivity index (χ3v) is 2.11. The summed E-state index contributed by atoms with van der Waals surface area (Å²) in [5, 5.41) is 8.53. The fraction of sp³-hybridized carbons (Fsp3) is 0.875. The van der Waals surface area contributed by atoms with E-state index >= 15 is 0 Å². The van der Waals surface area contributed by atoms with Crippen LogP contribution >= 0.6 is 0 Å². The summed E-state index contributed by atoms with van der Waals surface area (Å²) in [4.78, 5) is 1.62. The van der Waals surface area contributed by atoms with Crippen molar-refractivity contribution < 1.29 is 8.78 Å². The summed E-state index contributed by atoms with van der Waals surface area (Å²) in [6, 6.07) is 1.90. The number of likely N-dealkylation sites (tertiary alicyclic amines) is 1. The van der Waals surface area contributed by atoms with Crippen LogP contribution in [-0.2, 0) is 0 Å². The van der Waals surface area contributed by atoms with Gasteiger partial charge in [0, 0.05) is 13.0 Å². The highest BCUT2D eigenvalue weighted by atomic mass is 19.3. The van der Waals surface area contributed by atoms with E-state index in [1.807, 2.05) is 13.0 Å². The van der Waals surface area contributed by atoms with E-state index in [0.717, 1.165) is 0 Å². The number of nitrogens with zero attached hydrogens (tertiary/aromatic N) is 2. The van der Waals surface area contributed by atoms with Gasteiger partial charge in [-0.2, -0.15) is 5.26 Å². The van der Waals surface area contributed by atoms with Gasteiger partial charge in [-0.05, 0) is 6.54 Å². The van der Waals surface area contributed by atoms with Gasteiger partial charge in [-0.15, -0.1) is 0 Å². The summed E-state index contributed by atoms with van der Waals surface area (Å²) >= 11 is 0. The Morgan fingerprint density at radius 1 is 1.67 bits per heavy atom. The number of halogens is 2. The van der Waals surface area contributed by atoms with Crippen molar-refractivity contribution in [3.63, 3.8) is 0 Å². The molecule has 0 N–H and O–H groups in total. The van der Waals surface area contributed by atoms with Crippen molar-refractivity contribution >= 4 is 0 Å². The zero-order valence-corrected chi connectivity index (χ0v) is 7.06. The SMILES string of the molecule is CCN1CC(C#N)CC(F)(F)C1. The molecule has 0 aromatic carbocycles. The van der Waals surface area contributed by atoms with E-state index < -0.39 is 11.8 Å². The van der Waals surface area contributed by atoms with E-state index in [-0.39, 0.29) is 13.0 Å². The molecule has 0 amide bonds. The highest BCUT2D eigenvalue weighted by molar-refractivity contribution is 4.94. The molecule has 1 heterocycles. The van der Waals surface area contributed by atoms with Crippen LogP contribution < -0.4 is 0 Å². The lowest BCUT2D eigenvalue weighted by Gasteiger charge is -2.34. The van der Waals surface area contributed by atoms with Gasteiger partial charge in [-0.25, -0.2) is 8.78 Å². The largest absolute Gasteiger partial charge is 0.296 e. The molecule has 1 aliphatic rings. The maximum Gasteiger partial charge on any atom is 0.261 e. The van der Waals surface area contributed by atoms with E-state index in [1.165, 1.54) is 0 Å². The summed E-state index contributed by atoms with van der Waals surface area (Å²) in [5.41, 5.74) is 0. The van der Waals surface area contributed by atoms with Crippen molar-refractivity contribution in [2.24, 2.45) is 5.92 Å². The second-order valence-corrected chi connectivity index (χ2v) is 3.21. The van der Waals surface area contributed by atoms with Gasteiger partial charge in [-0.3, -0.25) is 4.90 Å². The van der Waals surface area contributed by atoms with Gasteiger partial charge in [0.2, 0.25) is 0 Å². The highest BCUT2D eigenvalue weighted by Gasteiger charge is 2.39. The molecule has 4 heteroatoms. The third-order valence-electron chi connectivity index (χ3n) is 2.11. The number of hydrogen-bond donors (Lipinski definition) is 0. The van der Waals surface area contributed by atoms with E-state index in [0.29, 0.717) is 13.1 Å². The van der Waals surface area contributed by atoms with E-state index in [1.54, 1.807) is 4.90 Å². The first kappa shape index (κ1) is 9.40. The number of alkyl halides is 2. The fourth-order valence-electron chi connectivity index (χ4n) is 1.52. The normalized spacial score (nSPS) is 29.7. The molecule has 0 bridgehead atoms. The first-order valence-corrected chi connectivity index (χ1v) is 4.07. The Balaban J connectivity index is 2.60. The smallest absolute Gasteiger partial charge is 0.261 e. The Bertz CT molecular complexity index is 198. The van der Waals surface area contributed by atoms with Gasteiger partial charge in [0.1, 0.15) is 0 Å². The van der Waals surface area contributed by atoms with Crippen LogP contribution in [0.25, 0.3) is 0 Å². The average molecular weight is 174 g/mol. The van der Waals surface area contributed by atoms with Crippen molar-refractivity contribution in [1.82, 2.24) is 4.90 Å². The zero-order chi connectivity index (χ0) is 9.19. The molecular formula is C8H12F2N2. The van der Waals surface area contributed by atoms with Gasteiger partial charge in [0.15, 0.2) is 0 Å². The molecular weight excluding hydrogens is 162 g/mol. The van der Waals surface area contributed by atoms with Crippen LogP contribution in [0.5, 0.6) is 0 Å². The van der Waals surface area contributed by atoms with Crippen molar-refractivity contribution in [3.05, 3.63) is 0 Å². The standard InChI is InChI=1S/C8H12F2N2/c1-2-12-5-7(4-11)3-8(9,10)6-12/h7H,2-3,5-6H2,1H3. The van der Waals surface area contributed by atoms with Crippen LogP contribution in [0.4, 0.5) is 8.78 Å². The Morgan fingerprint density at radius 2 is 2.33 bits per heavy atom. The molecule has 1 rings (SSSR count). The molecule has 1 unspecified atom stereocenters. The molecule has 0 aromatic heterocycles. The molecule has 1 saturated heterocycles. The van der Waals surface area contributed by atoms with Gasteiger partial charge < -0.3 is 0 Å². The van der Waals surface area contributed by atoms with Crippen molar-refractivity contribution in [1.29, 1.82) is 5.26 Å². The quantitative estimate of drug-likeness (QED) is 0.602. The summed E-state index contributed by atoms with van der Waals surface area (Å²) < 4.78 is 25.8. The predicted octanol–water partition coefficient (Wildman–Crippen LogP) is 1.49. The van der Waals surface area contributed by atoms with Crippen molar-refractivity contribution in [2.45, 2.75) is 19.3 Å². The summed E-state index contributed by atoms with van der Waals surface area (Å²) in [5.74, 6) is -3.18. The van der Waals surface area contributed by atoms with Crippen LogP contribution in [0.15, 0.2) is 0 Å². The minimum Gasteiger partial charge on any atom is -0.296 e. The first-order chi connectivity index (χ1) is 5.57. The van der Waals surface area contributed by atoms with Crippen molar-refractivity contribution in [3.8, 4) is 6.07 Å². The molecule has 0 spiro atoms. The minimum atomic E-state index is -2.67. The Morgan fingerprint density at radius 3 is 2.83 bits per heavy atom. The lowest BCUT2D eigenvalue weighted by atomic mass is 9.97. The molecule has 1 aliphatic heterocycles. The van der Waals surface area contributed by atoms with E-state index in [9.17, 15) is 8.78 Å². The van der Waals surface area contributed by atoms with Gasteiger partial charge in [0.05, 0.1) is 18.5 Å². The second-order valence-electron chi connectivity index (χ2n) is 3.21. The molecule has 1 fully saturated rings. The molecule has 0 saturated carbocycles. The third kappa shape index (κ3) is 2.15. The number of hydrogen-bond acceptors (Lipinski definition) is 2. The Hall–Kier alpha value is -0.690. The van der Waals surface area contributed by atoms with Crippen LogP contribution in [0.2, 0.25) is 0 Å². The lowest BCUT2D eigenvalue weighted by molar-refractivity contribution is -0.0744. The van der Waals surface area contributed by atoms with Crippen LogP contribution in [0.1, 0.15) is 13.3 Å². The maximum absolute atomic E-state index is 12.9. The summed E-state index contributed by atoms with van der Waals surface area (Å²) in [6.45, 7) is 2.72. The number of rotatable bonds is 1. The molecule has 0 aromatic rings. The molecule has 68 valence electrons. The maximum atomic E-state index is 12.9. The first-order valence-electron chi connectivity index (χ1n) is 4.07. The van der Waals surface area contributed by atoms with E-state index in [2.05, 4.69) is 0 Å². The zero-order valence-electron chi connectivity index (χ0n) is 7.06. The van der Waals surface area contributed by atoms with Crippen LogP contribution in [0, 0.1) is 17.2 Å². The van der Waals surface area contributed by atoms with Gasteiger partial charge in [0.25, 0.3) is 5.92 Å². The minimum absolute atomic E-state index is 0.193. The summed E-state index contributed by atoms with van der Waals surface area (Å²) in [6.07, 6.45) is -0.278. The van der Waals surface area contributed by atoms with Crippen molar-refractivity contribution in [2.75, 3.05) is 19.6 Å². The molecule has 2 nitrogen and oxygen atoms in total. The molecule has 0 aliphatic carbocycles. The monoisotopic (exact) mass is 174 g/mol. The van der Waals surface area contributed by atoms with Gasteiger partial charge >= 0.3 is 0 Å². The van der Waals surface area contributed by atoms with Crippen LogP contribution in [-0.4, -0.2) is 30.5 Å². The molecule has 0 radical (unpaired) electrons. The summed E-state index contributed by atoms with van der Waals surface area (Å²) in [7, 11) is 0. The highest BCUT2D eigenvalue weighted by Crippen LogP contribution is 2.29. The second kappa shape index (κ2) is 3.36. The Kier molecular flexibility index (Phi) is 2.63. The average Bonchev–Trinajstić information content (AvgIpc) is 2.01. The topological polar surface area (TPSA) is 27.0 Å². The molecule has 12 heavy (non-hydrogen) atoms. The fourth-order valence-corrected chi connectivity index (χ4v) is 1.52. The van der Waals surface area contributed by atoms with Gasteiger partial charge in [-0.1, -0.05) is 6.92 Å². The van der Waals surface area contributed by atoms with E-state index in [4.69, 9.17) is 5.26 Å². The number of nitriles is 1. The van der Waals surface area contributed by atoms with Crippen LogP contribution in [0.3, 0.4) is 0 Å². The predicted molar refractivity (Wildman–Crippen MR) is 40.8 cm³/mol.